The Balaban J connectivity index is 2.59. The Labute approximate surface area is 140 Å². The summed E-state index contributed by atoms with van der Waals surface area (Å²) in [6.07, 6.45) is -2.20. The molecule has 24 heavy (non-hydrogen) atoms. The fourth-order valence-corrected chi connectivity index (χ4v) is 2.16. The molecule has 0 unspecified atom stereocenters. The molecular formula is C17H23NO6. The van der Waals surface area contributed by atoms with E-state index in [1.807, 2.05) is 32.0 Å². The van der Waals surface area contributed by atoms with E-state index in [-0.39, 0.29) is 12.5 Å². The number of aliphatic hydroxyl groups excluding tert-OH is 1. The van der Waals surface area contributed by atoms with Gasteiger partial charge in [0.25, 0.3) is 0 Å². The molecule has 3 N–H and O–H groups in total. The first kappa shape index (κ1) is 19.6. The SMILES string of the molecule is CC(C)C[C@H](NC(=O)OCc1ccccc1)[C@H](O)CC(=O)C(=O)O. The number of aliphatic hydroxyl groups is 1. The number of benzene rings is 1. The maximum Gasteiger partial charge on any atom is 0.407 e. The summed E-state index contributed by atoms with van der Waals surface area (Å²) in [5.74, 6) is -2.58. The predicted molar refractivity (Wildman–Crippen MR) is 86.3 cm³/mol. The van der Waals surface area contributed by atoms with Gasteiger partial charge in [-0.25, -0.2) is 9.59 Å². The van der Waals surface area contributed by atoms with Crippen LogP contribution in [-0.4, -0.2) is 40.2 Å². The van der Waals surface area contributed by atoms with E-state index < -0.39 is 36.4 Å². The lowest BCUT2D eigenvalue weighted by molar-refractivity contribution is -0.150. The van der Waals surface area contributed by atoms with Gasteiger partial charge in [0.15, 0.2) is 0 Å². The quantitative estimate of drug-likeness (QED) is 0.592. The summed E-state index contributed by atoms with van der Waals surface area (Å²) in [5.41, 5.74) is 0.815. The Hall–Kier alpha value is -2.41. The second-order valence-electron chi connectivity index (χ2n) is 5.94. The molecule has 0 heterocycles. The van der Waals surface area contributed by atoms with Crippen LogP contribution in [0.1, 0.15) is 32.3 Å². The Kier molecular flexibility index (Phi) is 7.91. The van der Waals surface area contributed by atoms with E-state index in [0.29, 0.717) is 6.42 Å². The zero-order chi connectivity index (χ0) is 18.1. The van der Waals surface area contributed by atoms with Gasteiger partial charge in [-0.3, -0.25) is 4.79 Å². The summed E-state index contributed by atoms with van der Waals surface area (Å²) in [4.78, 5) is 33.7. The highest BCUT2D eigenvalue weighted by molar-refractivity contribution is 6.32. The zero-order valence-corrected chi connectivity index (χ0v) is 13.8. The van der Waals surface area contributed by atoms with Crippen molar-refractivity contribution in [2.24, 2.45) is 5.92 Å². The number of carboxylic acids is 1. The molecular weight excluding hydrogens is 314 g/mol. The van der Waals surface area contributed by atoms with Gasteiger partial charge in [0.1, 0.15) is 6.61 Å². The number of Topliss-reactive ketones (excluding diaryl/α,β-unsaturated/α-hetero) is 1. The largest absolute Gasteiger partial charge is 0.475 e. The van der Waals surface area contributed by atoms with Gasteiger partial charge in [-0.05, 0) is 17.9 Å². The molecule has 2 atom stereocenters. The van der Waals surface area contributed by atoms with Crippen molar-refractivity contribution in [2.45, 2.75) is 45.4 Å². The van der Waals surface area contributed by atoms with Crippen LogP contribution in [0.5, 0.6) is 0 Å². The van der Waals surface area contributed by atoms with Gasteiger partial charge >= 0.3 is 12.1 Å². The molecule has 0 bridgehead atoms. The summed E-state index contributed by atoms with van der Waals surface area (Å²) < 4.78 is 5.08. The number of carboxylic acid groups (broad SMARTS) is 1. The lowest BCUT2D eigenvalue weighted by Crippen LogP contribution is -2.45. The molecule has 0 spiro atoms. The third kappa shape index (κ3) is 7.23. The normalized spacial score (nSPS) is 13.2. The van der Waals surface area contributed by atoms with Gasteiger partial charge < -0.3 is 20.3 Å². The van der Waals surface area contributed by atoms with Crippen molar-refractivity contribution in [3.05, 3.63) is 35.9 Å². The minimum atomic E-state index is -1.61. The summed E-state index contributed by atoms with van der Waals surface area (Å²) in [5, 5.41) is 21.2. The molecule has 0 aliphatic rings. The van der Waals surface area contributed by atoms with E-state index in [1.165, 1.54) is 0 Å². The van der Waals surface area contributed by atoms with Crippen LogP contribution in [0.3, 0.4) is 0 Å². The highest BCUT2D eigenvalue weighted by atomic mass is 16.5. The highest BCUT2D eigenvalue weighted by Gasteiger charge is 2.27. The second-order valence-corrected chi connectivity index (χ2v) is 5.94. The number of nitrogens with one attached hydrogen (secondary N) is 1. The molecule has 1 aromatic rings. The molecule has 0 radical (unpaired) electrons. The zero-order valence-electron chi connectivity index (χ0n) is 13.8. The number of ketones is 1. The number of alkyl carbamates (subject to hydrolysis) is 1. The van der Waals surface area contributed by atoms with Gasteiger partial charge in [0.05, 0.1) is 12.1 Å². The molecule has 1 rings (SSSR count). The van der Waals surface area contributed by atoms with Gasteiger partial charge in [-0.2, -0.15) is 0 Å². The third-order valence-electron chi connectivity index (χ3n) is 3.34. The van der Waals surface area contributed by atoms with Crippen LogP contribution in [0.15, 0.2) is 30.3 Å². The minimum Gasteiger partial charge on any atom is -0.475 e. The summed E-state index contributed by atoms with van der Waals surface area (Å²) >= 11 is 0. The molecule has 1 amide bonds. The molecule has 132 valence electrons. The van der Waals surface area contributed by atoms with Crippen molar-refractivity contribution >= 4 is 17.8 Å². The monoisotopic (exact) mass is 337 g/mol. The summed E-state index contributed by atoms with van der Waals surface area (Å²) in [7, 11) is 0. The molecule has 0 fully saturated rings. The molecule has 7 nitrogen and oxygen atoms in total. The van der Waals surface area contributed by atoms with Crippen molar-refractivity contribution in [1.82, 2.24) is 5.32 Å². The molecule has 0 saturated carbocycles. The summed E-state index contributed by atoms with van der Waals surface area (Å²) in [6.45, 7) is 3.84. The maximum absolute atomic E-state index is 11.9. The molecule has 1 aromatic carbocycles. The number of ether oxygens (including phenoxy) is 1. The van der Waals surface area contributed by atoms with Gasteiger partial charge in [0, 0.05) is 6.42 Å². The van der Waals surface area contributed by atoms with Crippen LogP contribution >= 0.6 is 0 Å². The average Bonchev–Trinajstić information content (AvgIpc) is 2.52. The second kappa shape index (κ2) is 9.67. The van der Waals surface area contributed by atoms with Crippen LogP contribution in [0.2, 0.25) is 0 Å². The van der Waals surface area contributed by atoms with Crippen molar-refractivity contribution in [1.29, 1.82) is 0 Å². The number of hydrogen-bond acceptors (Lipinski definition) is 5. The summed E-state index contributed by atoms with van der Waals surface area (Å²) in [6, 6.07) is 8.33. The lowest BCUT2D eigenvalue weighted by Gasteiger charge is -2.24. The van der Waals surface area contributed by atoms with E-state index in [2.05, 4.69) is 5.32 Å². The Morgan fingerprint density at radius 2 is 1.79 bits per heavy atom. The predicted octanol–water partition coefficient (Wildman–Crippen LogP) is 1.73. The number of rotatable bonds is 9. The van der Waals surface area contributed by atoms with Crippen LogP contribution in [-0.2, 0) is 20.9 Å². The van der Waals surface area contributed by atoms with Gasteiger partial charge in [-0.1, -0.05) is 44.2 Å². The first-order valence-electron chi connectivity index (χ1n) is 7.71. The standard InChI is InChI=1S/C17H23NO6/c1-11(2)8-13(14(19)9-15(20)16(21)22)18-17(23)24-10-12-6-4-3-5-7-12/h3-7,11,13-14,19H,8-10H2,1-2H3,(H,18,23)(H,21,22)/t13-,14+/m0/s1. The third-order valence-corrected chi connectivity index (χ3v) is 3.34. The number of hydrogen-bond donors (Lipinski definition) is 3. The number of amides is 1. The Bertz CT molecular complexity index is 557. The first-order valence-corrected chi connectivity index (χ1v) is 7.71. The topological polar surface area (TPSA) is 113 Å². The van der Waals surface area contributed by atoms with E-state index >= 15 is 0 Å². The van der Waals surface area contributed by atoms with Gasteiger partial charge in [0.2, 0.25) is 5.78 Å². The fraction of sp³-hybridized carbons (Fsp3) is 0.471. The molecule has 0 aliphatic heterocycles. The van der Waals surface area contributed by atoms with E-state index in [1.54, 1.807) is 12.1 Å². The first-order chi connectivity index (χ1) is 11.3. The average molecular weight is 337 g/mol. The molecule has 7 heteroatoms. The van der Waals surface area contributed by atoms with Crippen LogP contribution in [0.4, 0.5) is 4.79 Å². The minimum absolute atomic E-state index is 0.0746. The van der Waals surface area contributed by atoms with Gasteiger partial charge in [-0.15, -0.1) is 0 Å². The lowest BCUT2D eigenvalue weighted by atomic mass is 9.96. The van der Waals surface area contributed by atoms with Crippen LogP contribution in [0.25, 0.3) is 0 Å². The fourth-order valence-electron chi connectivity index (χ4n) is 2.16. The maximum atomic E-state index is 11.9. The molecule has 0 aliphatic carbocycles. The smallest absolute Gasteiger partial charge is 0.407 e. The number of carbonyl (C=O) groups is 3. The molecule has 0 aromatic heterocycles. The van der Waals surface area contributed by atoms with Crippen LogP contribution in [0, 0.1) is 5.92 Å². The Morgan fingerprint density at radius 1 is 1.17 bits per heavy atom. The van der Waals surface area contributed by atoms with Crippen molar-refractivity contribution in [2.75, 3.05) is 0 Å². The van der Waals surface area contributed by atoms with Crippen LogP contribution < -0.4 is 5.32 Å². The highest BCUT2D eigenvalue weighted by Crippen LogP contribution is 2.12. The van der Waals surface area contributed by atoms with E-state index in [0.717, 1.165) is 5.56 Å². The Morgan fingerprint density at radius 3 is 2.33 bits per heavy atom. The van der Waals surface area contributed by atoms with Crippen molar-refractivity contribution < 1.29 is 29.3 Å². The van der Waals surface area contributed by atoms with E-state index in [4.69, 9.17) is 9.84 Å². The van der Waals surface area contributed by atoms with Crippen molar-refractivity contribution in [3.63, 3.8) is 0 Å². The van der Waals surface area contributed by atoms with Crippen molar-refractivity contribution in [3.8, 4) is 0 Å². The number of carbonyl (C=O) groups excluding carboxylic acids is 2. The number of aliphatic carboxylic acids is 1. The molecule has 0 saturated heterocycles. The van der Waals surface area contributed by atoms with E-state index in [9.17, 15) is 19.5 Å².